The van der Waals surface area contributed by atoms with Gasteiger partial charge < -0.3 is 5.32 Å². The van der Waals surface area contributed by atoms with E-state index in [4.69, 9.17) is 0 Å². The van der Waals surface area contributed by atoms with Crippen LogP contribution < -0.4 is 5.32 Å². The van der Waals surface area contributed by atoms with Gasteiger partial charge in [-0.3, -0.25) is 14.5 Å². The highest BCUT2D eigenvalue weighted by molar-refractivity contribution is 6.05. The lowest BCUT2D eigenvalue weighted by molar-refractivity contribution is -0.137. The fourth-order valence-electron chi connectivity index (χ4n) is 2.34. The average molecular weight is 284 g/mol. The molecule has 108 valence electrons. The third kappa shape index (κ3) is 2.71. The molecule has 1 aliphatic heterocycles. The van der Waals surface area contributed by atoms with Crippen LogP contribution in [0.2, 0.25) is 0 Å². The molecule has 0 aliphatic carbocycles. The molecular weight excluding hydrogens is 268 g/mol. The number of carbonyl (C=O) groups is 2. The first-order chi connectivity index (χ1) is 10.1. The van der Waals surface area contributed by atoms with Crippen molar-refractivity contribution < 1.29 is 9.59 Å². The zero-order valence-electron chi connectivity index (χ0n) is 11.7. The lowest BCUT2D eigenvalue weighted by atomic mass is 10.2. The predicted molar refractivity (Wildman–Crippen MR) is 76.6 cm³/mol. The summed E-state index contributed by atoms with van der Waals surface area (Å²) in [6.07, 6.45) is 3.85. The van der Waals surface area contributed by atoms with E-state index in [2.05, 4.69) is 10.4 Å². The molecule has 0 saturated carbocycles. The van der Waals surface area contributed by atoms with Crippen LogP contribution in [0.25, 0.3) is 5.69 Å². The van der Waals surface area contributed by atoms with Crippen LogP contribution in [0.5, 0.6) is 0 Å². The Bertz CT molecular complexity index is 649. The summed E-state index contributed by atoms with van der Waals surface area (Å²) >= 11 is 0. The summed E-state index contributed by atoms with van der Waals surface area (Å²) in [4.78, 5) is 24.4. The Hall–Kier alpha value is -2.47. The maximum absolute atomic E-state index is 11.8. The molecule has 1 unspecified atom stereocenters. The van der Waals surface area contributed by atoms with E-state index in [1.54, 1.807) is 10.9 Å². The van der Waals surface area contributed by atoms with Crippen molar-refractivity contribution in [1.82, 2.24) is 20.0 Å². The van der Waals surface area contributed by atoms with Crippen LogP contribution in [0, 0.1) is 0 Å². The molecule has 1 saturated heterocycles. The van der Waals surface area contributed by atoms with Crippen LogP contribution in [-0.4, -0.2) is 39.6 Å². The van der Waals surface area contributed by atoms with Crippen LogP contribution in [0.15, 0.2) is 42.7 Å². The highest BCUT2D eigenvalue weighted by Crippen LogP contribution is 2.12. The van der Waals surface area contributed by atoms with Gasteiger partial charge in [-0.2, -0.15) is 5.10 Å². The number of amides is 2. The van der Waals surface area contributed by atoms with E-state index in [0.717, 1.165) is 11.3 Å². The van der Waals surface area contributed by atoms with Crippen LogP contribution >= 0.6 is 0 Å². The first-order valence-electron chi connectivity index (χ1n) is 6.78. The van der Waals surface area contributed by atoms with Gasteiger partial charge in [0, 0.05) is 26.0 Å². The van der Waals surface area contributed by atoms with E-state index in [-0.39, 0.29) is 18.2 Å². The third-order valence-electron chi connectivity index (χ3n) is 3.64. The SMILES string of the molecule is CN1C(=O)CC(NCc2ccc(-n3cccn3)cc2)C1=O. The van der Waals surface area contributed by atoms with Gasteiger partial charge in [0.15, 0.2) is 0 Å². The zero-order valence-corrected chi connectivity index (χ0v) is 11.7. The minimum absolute atomic E-state index is 0.133. The molecule has 1 N–H and O–H groups in total. The number of imide groups is 1. The van der Waals surface area contributed by atoms with Gasteiger partial charge in [-0.15, -0.1) is 0 Å². The topological polar surface area (TPSA) is 67.2 Å². The van der Waals surface area contributed by atoms with Gasteiger partial charge in [0.1, 0.15) is 0 Å². The molecule has 2 heterocycles. The van der Waals surface area contributed by atoms with Crippen LogP contribution in [0.1, 0.15) is 12.0 Å². The van der Waals surface area contributed by atoms with E-state index >= 15 is 0 Å². The number of rotatable bonds is 4. The normalized spacial score (nSPS) is 18.5. The summed E-state index contributed by atoms with van der Waals surface area (Å²) in [5.41, 5.74) is 2.04. The zero-order chi connectivity index (χ0) is 14.8. The second-order valence-electron chi connectivity index (χ2n) is 5.05. The van der Waals surface area contributed by atoms with E-state index in [9.17, 15) is 9.59 Å². The van der Waals surface area contributed by atoms with Gasteiger partial charge in [-0.1, -0.05) is 12.1 Å². The van der Waals surface area contributed by atoms with Crippen molar-refractivity contribution in [3.05, 3.63) is 48.3 Å². The minimum atomic E-state index is -0.409. The maximum atomic E-state index is 11.8. The van der Waals surface area contributed by atoms with E-state index < -0.39 is 6.04 Å². The van der Waals surface area contributed by atoms with Gasteiger partial charge >= 0.3 is 0 Å². The lowest BCUT2D eigenvalue weighted by Crippen LogP contribution is -2.36. The monoisotopic (exact) mass is 284 g/mol. The molecule has 21 heavy (non-hydrogen) atoms. The Morgan fingerprint density at radius 3 is 2.62 bits per heavy atom. The number of nitrogens with one attached hydrogen (secondary N) is 1. The summed E-state index contributed by atoms with van der Waals surface area (Å²) in [5.74, 6) is -0.292. The number of aromatic nitrogens is 2. The van der Waals surface area contributed by atoms with Crippen molar-refractivity contribution in [3.63, 3.8) is 0 Å². The smallest absolute Gasteiger partial charge is 0.246 e. The first-order valence-corrected chi connectivity index (χ1v) is 6.78. The summed E-state index contributed by atoms with van der Waals surface area (Å²) < 4.78 is 1.78. The highest BCUT2D eigenvalue weighted by Gasteiger charge is 2.35. The third-order valence-corrected chi connectivity index (χ3v) is 3.64. The standard InChI is InChI=1S/C15H16N4O2/c1-18-14(20)9-13(15(18)21)16-10-11-3-5-12(6-4-11)19-8-2-7-17-19/h2-8,13,16H,9-10H2,1H3. The number of hydrogen-bond donors (Lipinski definition) is 1. The number of likely N-dealkylation sites (tertiary alicyclic amines) is 1. The Morgan fingerprint density at radius 1 is 1.29 bits per heavy atom. The lowest BCUT2D eigenvalue weighted by Gasteiger charge is -2.11. The Balaban J connectivity index is 1.61. The Labute approximate surface area is 122 Å². The van der Waals surface area contributed by atoms with Gasteiger partial charge in [-0.05, 0) is 23.8 Å². The van der Waals surface area contributed by atoms with Crippen molar-refractivity contribution in [2.45, 2.75) is 19.0 Å². The van der Waals surface area contributed by atoms with Crippen LogP contribution in [0.3, 0.4) is 0 Å². The number of carbonyl (C=O) groups excluding carboxylic acids is 2. The van der Waals surface area contributed by atoms with Crippen molar-refractivity contribution in [1.29, 1.82) is 0 Å². The fourth-order valence-corrected chi connectivity index (χ4v) is 2.34. The molecule has 0 radical (unpaired) electrons. The Morgan fingerprint density at radius 2 is 2.05 bits per heavy atom. The molecule has 1 aromatic heterocycles. The summed E-state index contributed by atoms with van der Waals surface area (Å²) in [6, 6.07) is 9.36. The first kappa shape index (κ1) is 13.5. The van der Waals surface area contributed by atoms with E-state index in [1.165, 1.54) is 11.9 Å². The van der Waals surface area contributed by atoms with Gasteiger partial charge in [0.05, 0.1) is 18.2 Å². The molecule has 0 bridgehead atoms. The van der Waals surface area contributed by atoms with Crippen molar-refractivity contribution in [2.75, 3.05) is 7.05 Å². The molecule has 2 aromatic rings. The second-order valence-corrected chi connectivity index (χ2v) is 5.05. The number of benzene rings is 1. The summed E-state index contributed by atoms with van der Waals surface area (Å²) in [5, 5.41) is 7.29. The van der Waals surface area contributed by atoms with Gasteiger partial charge in [0.25, 0.3) is 0 Å². The average Bonchev–Trinajstić information content (AvgIpc) is 3.11. The largest absolute Gasteiger partial charge is 0.301 e. The van der Waals surface area contributed by atoms with Crippen molar-refractivity contribution in [3.8, 4) is 5.69 Å². The molecule has 1 aromatic carbocycles. The highest BCUT2D eigenvalue weighted by atomic mass is 16.2. The van der Waals surface area contributed by atoms with Crippen LogP contribution in [-0.2, 0) is 16.1 Å². The summed E-state index contributed by atoms with van der Waals surface area (Å²) in [7, 11) is 1.52. The van der Waals surface area contributed by atoms with Gasteiger partial charge in [-0.25, -0.2) is 4.68 Å². The molecule has 6 nitrogen and oxygen atoms in total. The molecule has 3 rings (SSSR count). The molecule has 6 heteroatoms. The van der Waals surface area contributed by atoms with E-state index in [1.807, 2.05) is 36.5 Å². The molecule has 0 spiro atoms. The van der Waals surface area contributed by atoms with Crippen LogP contribution in [0.4, 0.5) is 0 Å². The van der Waals surface area contributed by atoms with E-state index in [0.29, 0.717) is 6.54 Å². The molecule has 1 fully saturated rings. The van der Waals surface area contributed by atoms with Gasteiger partial charge in [0.2, 0.25) is 11.8 Å². The summed E-state index contributed by atoms with van der Waals surface area (Å²) in [6.45, 7) is 0.552. The number of hydrogen-bond acceptors (Lipinski definition) is 4. The molecule has 1 aliphatic rings. The van der Waals surface area contributed by atoms with Crippen molar-refractivity contribution in [2.24, 2.45) is 0 Å². The Kier molecular flexibility index (Phi) is 3.53. The molecule has 1 atom stereocenters. The molecular formula is C15H16N4O2. The second kappa shape index (κ2) is 5.49. The maximum Gasteiger partial charge on any atom is 0.246 e. The number of nitrogens with zero attached hydrogens (tertiary/aromatic N) is 3. The molecule has 2 amide bonds. The fraction of sp³-hybridized carbons (Fsp3) is 0.267. The predicted octanol–water partition coefficient (Wildman–Crippen LogP) is 0.719. The number of likely N-dealkylation sites (N-methyl/N-ethyl adjacent to an activating group) is 1. The minimum Gasteiger partial charge on any atom is -0.301 e. The van der Waals surface area contributed by atoms with Crippen molar-refractivity contribution >= 4 is 11.8 Å². The quantitative estimate of drug-likeness (QED) is 0.840.